The van der Waals surface area contributed by atoms with Gasteiger partial charge in [-0.3, -0.25) is 0 Å². The predicted molar refractivity (Wildman–Crippen MR) is 81.6 cm³/mol. The Kier molecular flexibility index (Phi) is 4.37. The molecule has 3 nitrogen and oxygen atoms in total. The zero-order chi connectivity index (χ0) is 14.5. The molecule has 0 bridgehead atoms. The molecule has 0 radical (unpaired) electrons. The van der Waals surface area contributed by atoms with Crippen molar-refractivity contribution >= 4 is 5.82 Å². The molecule has 0 saturated carbocycles. The number of nitrogens with zero attached hydrogens (tertiary/aromatic N) is 3. The molecular formula is C17H19N3. The molecule has 0 spiro atoms. The van der Waals surface area contributed by atoms with E-state index in [1.54, 1.807) is 0 Å². The van der Waals surface area contributed by atoms with Crippen LogP contribution in [0.4, 0.5) is 5.82 Å². The summed E-state index contributed by atoms with van der Waals surface area (Å²) in [6.45, 7) is 7.60. The van der Waals surface area contributed by atoms with Gasteiger partial charge in [0.25, 0.3) is 0 Å². The zero-order valence-electron chi connectivity index (χ0n) is 12.2. The molecule has 0 aliphatic rings. The maximum absolute atomic E-state index is 9.38. The van der Waals surface area contributed by atoms with E-state index in [-0.39, 0.29) is 0 Å². The fourth-order valence-corrected chi connectivity index (χ4v) is 2.32. The second kappa shape index (κ2) is 6.21. The molecule has 3 heteroatoms. The number of rotatable bonds is 4. The molecule has 0 atom stereocenters. The van der Waals surface area contributed by atoms with Crippen molar-refractivity contribution in [2.45, 2.75) is 27.3 Å². The highest BCUT2D eigenvalue weighted by Crippen LogP contribution is 2.23. The molecule has 2 rings (SSSR count). The van der Waals surface area contributed by atoms with Gasteiger partial charge in [0.05, 0.1) is 5.56 Å². The normalized spacial score (nSPS) is 10.1. The molecule has 102 valence electrons. The first-order chi connectivity index (χ1) is 9.65. The Hall–Kier alpha value is -2.34. The highest BCUT2D eigenvalue weighted by molar-refractivity contribution is 5.58. The lowest BCUT2D eigenvalue weighted by molar-refractivity contribution is 0.807. The molecule has 0 N–H and O–H groups in total. The van der Waals surface area contributed by atoms with Crippen LogP contribution in [0.15, 0.2) is 36.4 Å². The third-order valence-electron chi connectivity index (χ3n) is 3.33. The van der Waals surface area contributed by atoms with Crippen molar-refractivity contribution in [3.05, 3.63) is 58.8 Å². The first kappa shape index (κ1) is 14.1. The van der Waals surface area contributed by atoms with E-state index >= 15 is 0 Å². The van der Waals surface area contributed by atoms with E-state index in [4.69, 9.17) is 0 Å². The van der Waals surface area contributed by atoms with Crippen molar-refractivity contribution in [2.75, 3.05) is 11.4 Å². The van der Waals surface area contributed by atoms with Gasteiger partial charge in [0.15, 0.2) is 0 Å². The minimum Gasteiger partial charge on any atom is -0.351 e. The highest BCUT2D eigenvalue weighted by atomic mass is 15.2. The maximum Gasteiger partial charge on any atom is 0.147 e. The molecular weight excluding hydrogens is 246 g/mol. The standard InChI is InChI=1S/C17H19N3/c1-4-20(12-15-8-6-5-7-9-15)17-16(11-18)13(2)10-14(3)19-17/h5-10H,4,12H2,1-3H3. The average Bonchev–Trinajstić information content (AvgIpc) is 2.45. The smallest absolute Gasteiger partial charge is 0.147 e. The minimum absolute atomic E-state index is 0.674. The van der Waals surface area contributed by atoms with Gasteiger partial charge in [-0.1, -0.05) is 30.3 Å². The van der Waals surface area contributed by atoms with Gasteiger partial charge >= 0.3 is 0 Å². The van der Waals surface area contributed by atoms with E-state index in [0.717, 1.165) is 30.2 Å². The van der Waals surface area contributed by atoms with E-state index < -0.39 is 0 Å². The van der Waals surface area contributed by atoms with Crippen molar-refractivity contribution < 1.29 is 0 Å². The van der Waals surface area contributed by atoms with Crippen LogP contribution in [-0.4, -0.2) is 11.5 Å². The van der Waals surface area contributed by atoms with Gasteiger partial charge < -0.3 is 4.90 Å². The number of anilines is 1. The molecule has 0 saturated heterocycles. The predicted octanol–water partition coefficient (Wildman–Crippen LogP) is 3.60. The molecule has 0 fully saturated rings. The van der Waals surface area contributed by atoms with Gasteiger partial charge in [0.2, 0.25) is 0 Å². The van der Waals surface area contributed by atoms with Gasteiger partial charge in [-0.2, -0.15) is 5.26 Å². The van der Waals surface area contributed by atoms with Crippen molar-refractivity contribution in [1.29, 1.82) is 5.26 Å². The first-order valence-electron chi connectivity index (χ1n) is 6.83. The van der Waals surface area contributed by atoms with Crippen LogP contribution in [0.5, 0.6) is 0 Å². The lowest BCUT2D eigenvalue weighted by atomic mass is 10.1. The molecule has 20 heavy (non-hydrogen) atoms. The molecule has 0 aliphatic heterocycles. The Labute approximate surface area is 120 Å². The monoisotopic (exact) mass is 265 g/mol. The Morgan fingerprint density at radius 1 is 1.20 bits per heavy atom. The van der Waals surface area contributed by atoms with Crippen LogP contribution in [0.25, 0.3) is 0 Å². The van der Waals surface area contributed by atoms with Crippen LogP contribution in [0, 0.1) is 25.2 Å². The van der Waals surface area contributed by atoms with Gasteiger partial charge in [-0.25, -0.2) is 4.98 Å². The lowest BCUT2D eigenvalue weighted by Crippen LogP contribution is -2.24. The van der Waals surface area contributed by atoms with Gasteiger partial charge in [-0.15, -0.1) is 0 Å². The number of benzene rings is 1. The van der Waals surface area contributed by atoms with E-state index in [1.807, 2.05) is 38.1 Å². The summed E-state index contributed by atoms with van der Waals surface area (Å²) in [6.07, 6.45) is 0. The van der Waals surface area contributed by atoms with Crippen molar-refractivity contribution in [3.8, 4) is 6.07 Å². The quantitative estimate of drug-likeness (QED) is 0.848. The van der Waals surface area contributed by atoms with Crippen LogP contribution >= 0.6 is 0 Å². The fourth-order valence-electron chi connectivity index (χ4n) is 2.32. The van der Waals surface area contributed by atoms with Crippen molar-refractivity contribution in [3.63, 3.8) is 0 Å². The summed E-state index contributed by atoms with van der Waals surface area (Å²) in [5.41, 5.74) is 3.83. The van der Waals surface area contributed by atoms with Gasteiger partial charge in [-0.05, 0) is 38.0 Å². The molecule has 1 aromatic heterocycles. The largest absolute Gasteiger partial charge is 0.351 e. The summed E-state index contributed by atoms with van der Waals surface area (Å²) >= 11 is 0. The van der Waals surface area contributed by atoms with Crippen LogP contribution in [0.1, 0.15) is 29.3 Å². The number of pyridine rings is 1. The Balaban J connectivity index is 2.40. The first-order valence-corrected chi connectivity index (χ1v) is 6.83. The zero-order valence-corrected chi connectivity index (χ0v) is 12.2. The van der Waals surface area contributed by atoms with E-state index in [1.165, 1.54) is 5.56 Å². The third-order valence-corrected chi connectivity index (χ3v) is 3.33. The highest BCUT2D eigenvalue weighted by Gasteiger charge is 2.14. The van der Waals surface area contributed by atoms with Crippen LogP contribution in [-0.2, 0) is 6.54 Å². The summed E-state index contributed by atoms with van der Waals surface area (Å²) in [5, 5.41) is 9.38. The summed E-state index contributed by atoms with van der Waals surface area (Å²) in [5.74, 6) is 0.788. The molecule has 1 heterocycles. The Morgan fingerprint density at radius 2 is 1.90 bits per heavy atom. The van der Waals surface area contributed by atoms with Crippen LogP contribution in [0.2, 0.25) is 0 Å². The number of aryl methyl sites for hydroxylation is 2. The van der Waals surface area contributed by atoms with Gasteiger partial charge in [0.1, 0.15) is 11.9 Å². The minimum atomic E-state index is 0.674. The Bertz CT molecular complexity index is 627. The van der Waals surface area contributed by atoms with E-state index in [9.17, 15) is 5.26 Å². The van der Waals surface area contributed by atoms with Crippen molar-refractivity contribution in [1.82, 2.24) is 4.98 Å². The SMILES string of the molecule is CCN(Cc1ccccc1)c1nc(C)cc(C)c1C#N. The number of nitriles is 1. The molecule has 1 aromatic carbocycles. The average molecular weight is 265 g/mol. The van der Waals surface area contributed by atoms with Crippen molar-refractivity contribution in [2.24, 2.45) is 0 Å². The summed E-state index contributed by atoms with van der Waals surface area (Å²) in [4.78, 5) is 6.72. The molecule has 0 amide bonds. The topological polar surface area (TPSA) is 39.9 Å². The summed E-state index contributed by atoms with van der Waals surface area (Å²) in [6, 6.07) is 14.5. The summed E-state index contributed by atoms with van der Waals surface area (Å²) < 4.78 is 0. The molecule has 0 unspecified atom stereocenters. The number of hydrogen-bond donors (Lipinski definition) is 0. The van der Waals surface area contributed by atoms with Gasteiger partial charge in [0, 0.05) is 18.8 Å². The Morgan fingerprint density at radius 3 is 2.50 bits per heavy atom. The molecule has 2 aromatic rings. The van der Waals surface area contributed by atoms with E-state index in [2.05, 4.69) is 35.0 Å². The number of hydrogen-bond acceptors (Lipinski definition) is 3. The maximum atomic E-state index is 9.38. The third kappa shape index (κ3) is 2.97. The number of aromatic nitrogens is 1. The fraction of sp³-hybridized carbons (Fsp3) is 0.294. The lowest BCUT2D eigenvalue weighted by Gasteiger charge is -2.24. The van der Waals surface area contributed by atoms with Crippen LogP contribution < -0.4 is 4.90 Å². The second-order valence-electron chi connectivity index (χ2n) is 4.89. The second-order valence-corrected chi connectivity index (χ2v) is 4.89. The van der Waals surface area contributed by atoms with E-state index in [0.29, 0.717) is 5.56 Å². The molecule has 0 aliphatic carbocycles. The summed E-state index contributed by atoms with van der Waals surface area (Å²) in [7, 11) is 0. The van der Waals surface area contributed by atoms with Crippen LogP contribution in [0.3, 0.4) is 0 Å².